The maximum atomic E-state index is 15.1. The highest BCUT2D eigenvalue weighted by atomic mass is 19.1. The number of Topliss-reactive ketones (excluding diaryl/α,β-unsaturated/α-hetero) is 1. The monoisotopic (exact) mass is 573 g/mol. The van der Waals surface area contributed by atoms with Crippen LogP contribution in [0.1, 0.15) is 27.2 Å². The first kappa shape index (κ1) is 28.5. The summed E-state index contributed by atoms with van der Waals surface area (Å²) in [7, 11) is 1.51. The van der Waals surface area contributed by atoms with E-state index in [-0.39, 0.29) is 35.6 Å². The summed E-state index contributed by atoms with van der Waals surface area (Å²) in [5, 5.41) is 0. The van der Waals surface area contributed by atoms with E-state index in [1.807, 2.05) is 0 Å². The van der Waals surface area contributed by atoms with Gasteiger partial charge in [0.2, 0.25) is 0 Å². The van der Waals surface area contributed by atoms with Crippen molar-refractivity contribution in [3.8, 4) is 28.4 Å². The van der Waals surface area contributed by atoms with Gasteiger partial charge in [-0.1, -0.05) is 12.1 Å². The normalized spacial score (nSPS) is 11.1. The van der Waals surface area contributed by atoms with Crippen LogP contribution in [0.5, 0.6) is 17.2 Å². The van der Waals surface area contributed by atoms with Crippen molar-refractivity contribution in [1.82, 2.24) is 14.5 Å². The molecule has 0 atom stereocenters. The molecule has 10 heteroatoms. The Hall–Kier alpha value is -4.99. The summed E-state index contributed by atoms with van der Waals surface area (Å²) in [5.41, 5.74) is 2.09. The molecule has 2 aromatic carbocycles. The van der Waals surface area contributed by atoms with E-state index in [9.17, 15) is 18.4 Å². The average molecular weight is 574 g/mol. The van der Waals surface area contributed by atoms with Gasteiger partial charge in [-0.25, -0.2) is 18.2 Å². The zero-order chi connectivity index (χ0) is 30.0. The summed E-state index contributed by atoms with van der Waals surface area (Å²) in [5.74, 6) is -1.06. The van der Waals surface area contributed by atoms with Crippen LogP contribution in [0.4, 0.5) is 13.2 Å². The van der Waals surface area contributed by atoms with Gasteiger partial charge in [-0.2, -0.15) is 0 Å². The number of nitrogens with zero attached hydrogens (tertiary/aromatic N) is 3. The van der Waals surface area contributed by atoms with Gasteiger partial charge in [0.15, 0.2) is 28.5 Å². The summed E-state index contributed by atoms with van der Waals surface area (Å²) in [6.07, 6.45) is 4.04. The predicted molar refractivity (Wildman–Crippen MR) is 152 cm³/mol. The van der Waals surface area contributed by atoms with Crippen molar-refractivity contribution in [2.45, 2.75) is 26.8 Å². The first-order valence-corrected chi connectivity index (χ1v) is 13.0. The van der Waals surface area contributed by atoms with E-state index < -0.39 is 29.5 Å². The number of aromatic nitrogens is 3. The van der Waals surface area contributed by atoms with Gasteiger partial charge in [0.1, 0.15) is 23.8 Å². The van der Waals surface area contributed by atoms with Crippen molar-refractivity contribution in [1.29, 1.82) is 0 Å². The number of ether oxygens (including phenoxy) is 2. The number of carbonyl (C=O) groups is 1. The topological polar surface area (TPSA) is 83.3 Å². The van der Waals surface area contributed by atoms with E-state index in [1.165, 1.54) is 60.6 Å². The molecule has 214 valence electrons. The molecule has 0 N–H and O–H groups in total. The fourth-order valence-corrected chi connectivity index (χ4v) is 4.82. The third-order valence-electron chi connectivity index (χ3n) is 6.96. The summed E-state index contributed by atoms with van der Waals surface area (Å²) < 4.78 is 54.7. The molecule has 0 saturated carbocycles. The van der Waals surface area contributed by atoms with E-state index in [2.05, 4.69) is 9.97 Å². The fourth-order valence-electron chi connectivity index (χ4n) is 4.82. The van der Waals surface area contributed by atoms with Gasteiger partial charge < -0.3 is 14.0 Å². The Balaban J connectivity index is 1.45. The van der Waals surface area contributed by atoms with Gasteiger partial charge >= 0.3 is 0 Å². The summed E-state index contributed by atoms with van der Waals surface area (Å²) in [6, 6.07) is 11.3. The highest BCUT2D eigenvalue weighted by molar-refractivity contribution is 5.98. The summed E-state index contributed by atoms with van der Waals surface area (Å²) in [6.45, 7) is 2.50. The van der Waals surface area contributed by atoms with E-state index in [0.29, 0.717) is 39.2 Å². The molecular formula is C32H26F3N3O4. The van der Waals surface area contributed by atoms with E-state index >= 15 is 4.39 Å². The van der Waals surface area contributed by atoms with Crippen molar-refractivity contribution in [3.63, 3.8) is 0 Å². The molecule has 0 aliphatic carbocycles. The Kier molecular flexibility index (Phi) is 8.06. The minimum Gasteiger partial charge on any atom is -0.495 e. The van der Waals surface area contributed by atoms with Crippen molar-refractivity contribution < 1.29 is 27.4 Å². The molecule has 3 aromatic heterocycles. The fraction of sp³-hybridized carbons (Fsp3) is 0.188. The molecule has 0 saturated heterocycles. The molecule has 0 bridgehead atoms. The number of benzene rings is 2. The Morgan fingerprint density at radius 3 is 2.52 bits per heavy atom. The van der Waals surface area contributed by atoms with Crippen LogP contribution in [0.25, 0.3) is 22.2 Å². The number of carbonyl (C=O) groups excluding carboxylic acids is 1. The quantitative estimate of drug-likeness (QED) is 0.186. The Bertz CT molecular complexity index is 1890. The second-order valence-electron chi connectivity index (χ2n) is 9.69. The molecule has 0 aliphatic heterocycles. The molecule has 3 heterocycles. The van der Waals surface area contributed by atoms with Crippen LogP contribution >= 0.6 is 0 Å². The molecule has 5 aromatic rings. The Morgan fingerprint density at radius 1 is 1.00 bits per heavy atom. The molecule has 7 nitrogen and oxygen atoms in total. The highest BCUT2D eigenvalue weighted by Crippen LogP contribution is 2.31. The zero-order valence-electron chi connectivity index (χ0n) is 23.1. The van der Waals surface area contributed by atoms with Crippen LogP contribution in [-0.2, 0) is 13.0 Å². The number of aryl methyl sites for hydroxylation is 2. The number of ketones is 1. The number of pyridine rings is 3. The van der Waals surface area contributed by atoms with E-state index in [1.54, 1.807) is 26.0 Å². The molecule has 0 fully saturated rings. The van der Waals surface area contributed by atoms with Crippen LogP contribution in [0.2, 0.25) is 0 Å². The first-order chi connectivity index (χ1) is 20.2. The van der Waals surface area contributed by atoms with Crippen LogP contribution in [-0.4, -0.2) is 34.1 Å². The Labute approximate surface area is 239 Å². The predicted octanol–water partition coefficient (Wildman–Crippen LogP) is 6.55. The van der Waals surface area contributed by atoms with Gasteiger partial charge in [0, 0.05) is 42.2 Å². The molecular weight excluding hydrogens is 547 g/mol. The van der Waals surface area contributed by atoms with Gasteiger partial charge in [0.05, 0.1) is 30.9 Å². The van der Waals surface area contributed by atoms with E-state index in [4.69, 9.17) is 9.47 Å². The molecule has 42 heavy (non-hydrogen) atoms. The maximum absolute atomic E-state index is 15.1. The largest absolute Gasteiger partial charge is 0.495 e. The molecule has 0 unspecified atom stereocenters. The second kappa shape index (κ2) is 11.9. The average Bonchev–Trinajstić information content (AvgIpc) is 2.96. The lowest BCUT2D eigenvalue weighted by Gasteiger charge is -2.17. The SMILES string of the molecule is COc1cnc2c(Oc3ccc(CC(=O)c4cn(CCF)c(C)c(-c5ccc(F)cc5C)c4=O)cc3F)ccnc2c1. The Morgan fingerprint density at radius 2 is 1.81 bits per heavy atom. The van der Waals surface area contributed by atoms with Crippen molar-refractivity contribution in [2.75, 3.05) is 13.8 Å². The molecule has 0 amide bonds. The number of fused-ring (bicyclic) bond motifs is 1. The minimum absolute atomic E-state index is 0.0778. The molecule has 0 radical (unpaired) electrons. The number of rotatable bonds is 9. The van der Waals surface area contributed by atoms with Gasteiger partial charge in [-0.05, 0) is 54.8 Å². The summed E-state index contributed by atoms with van der Waals surface area (Å²) in [4.78, 5) is 35.4. The highest BCUT2D eigenvalue weighted by Gasteiger charge is 2.21. The molecule has 0 spiro atoms. The lowest BCUT2D eigenvalue weighted by atomic mass is 9.95. The van der Waals surface area contributed by atoms with Gasteiger partial charge in [-0.3, -0.25) is 14.6 Å². The number of hydrogen-bond donors (Lipinski definition) is 0. The number of methoxy groups -OCH3 is 1. The number of hydrogen-bond acceptors (Lipinski definition) is 6. The van der Waals surface area contributed by atoms with Crippen molar-refractivity contribution in [2.24, 2.45) is 0 Å². The third kappa shape index (κ3) is 5.60. The van der Waals surface area contributed by atoms with Crippen LogP contribution < -0.4 is 14.9 Å². The maximum Gasteiger partial charge on any atom is 0.200 e. The van der Waals surface area contributed by atoms with E-state index in [0.717, 1.165) is 6.07 Å². The smallest absolute Gasteiger partial charge is 0.200 e. The lowest BCUT2D eigenvalue weighted by Crippen LogP contribution is -2.24. The standard InChI is InChI=1S/C32H26F3N3O4/c1-18-12-21(34)5-6-23(18)30-19(2)38(11-9-33)17-24(32(30)40)27(39)14-20-4-7-28(25(35)13-20)42-29-8-10-36-26-15-22(41-3)16-37-31(26)29/h4-8,10,12-13,15-17H,9,11,14H2,1-3H3. The van der Waals surface area contributed by atoms with Gasteiger partial charge in [0.25, 0.3) is 0 Å². The third-order valence-corrected chi connectivity index (χ3v) is 6.96. The van der Waals surface area contributed by atoms with Crippen LogP contribution in [0.3, 0.4) is 0 Å². The zero-order valence-corrected chi connectivity index (χ0v) is 23.1. The number of alkyl halides is 1. The number of halogens is 3. The minimum atomic E-state index is -0.722. The molecule has 5 rings (SSSR count). The summed E-state index contributed by atoms with van der Waals surface area (Å²) >= 11 is 0. The van der Waals surface area contributed by atoms with Gasteiger partial charge in [-0.15, -0.1) is 0 Å². The van der Waals surface area contributed by atoms with Crippen molar-refractivity contribution in [3.05, 3.63) is 111 Å². The van der Waals surface area contributed by atoms with Crippen molar-refractivity contribution >= 4 is 16.8 Å². The van der Waals surface area contributed by atoms with Crippen LogP contribution in [0, 0.1) is 25.5 Å². The second-order valence-corrected chi connectivity index (χ2v) is 9.69. The lowest BCUT2D eigenvalue weighted by molar-refractivity contribution is 0.0991. The van der Waals surface area contributed by atoms with Crippen LogP contribution in [0.15, 0.2) is 71.9 Å². The molecule has 0 aliphatic rings. The first-order valence-electron chi connectivity index (χ1n) is 13.0.